The Balaban J connectivity index is 2.59. The lowest BCUT2D eigenvalue weighted by Gasteiger charge is -2.14. The molecule has 0 saturated heterocycles. The van der Waals surface area contributed by atoms with Crippen LogP contribution in [0.5, 0.6) is 0 Å². The second-order valence-electron chi connectivity index (χ2n) is 4.57. The summed E-state index contributed by atoms with van der Waals surface area (Å²) in [6.45, 7) is 4.40. The number of nitrogens with two attached hydrogens (primary N) is 1. The molecule has 1 atom stereocenters. The molecule has 0 saturated carbocycles. The van der Waals surface area contributed by atoms with E-state index >= 15 is 0 Å². The van der Waals surface area contributed by atoms with Gasteiger partial charge in [0.1, 0.15) is 5.82 Å². The van der Waals surface area contributed by atoms with Crippen molar-refractivity contribution in [1.29, 1.82) is 0 Å². The largest absolute Gasteiger partial charge is 0.324 e. The fourth-order valence-electron chi connectivity index (χ4n) is 1.71. The molecule has 0 aliphatic carbocycles. The fraction of sp³-hybridized carbons (Fsp3) is 0.538. The molecule has 0 aliphatic heterocycles. The summed E-state index contributed by atoms with van der Waals surface area (Å²) in [5, 5.41) is 0. The minimum atomic E-state index is -0.239. The smallest absolute Gasteiger partial charge is 0.137 e. The van der Waals surface area contributed by atoms with Gasteiger partial charge in [0.05, 0.1) is 4.47 Å². The Morgan fingerprint density at radius 3 is 2.62 bits per heavy atom. The summed E-state index contributed by atoms with van der Waals surface area (Å²) in [6, 6.07) is 4.95. The third-order valence-corrected chi connectivity index (χ3v) is 3.51. The Morgan fingerprint density at radius 2 is 2.00 bits per heavy atom. The summed E-state index contributed by atoms with van der Waals surface area (Å²) >= 11 is 3.25. The Labute approximate surface area is 105 Å². The second-order valence-corrected chi connectivity index (χ2v) is 5.37. The van der Waals surface area contributed by atoms with Crippen molar-refractivity contribution in [2.75, 3.05) is 0 Å². The van der Waals surface area contributed by atoms with Gasteiger partial charge in [0, 0.05) is 6.04 Å². The highest BCUT2D eigenvalue weighted by molar-refractivity contribution is 9.10. The standard InChI is InChI=1S/C13H19BrFN/c1-9(2)5-3-8-12(16)10-6-4-7-11(15)13(10)14/h4,6-7,9,12H,3,5,8,16H2,1-2H3. The summed E-state index contributed by atoms with van der Waals surface area (Å²) in [4.78, 5) is 0. The minimum absolute atomic E-state index is 0.0798. The lowest BCUT2D eigenvalue weighted by atomic mass is 9.99. The van der Waals surface area contributed by atoms with Crippen molar-refractivity contribution in [2.24, 2.45) is 11.7 Å². The average Bonchev–Trinajstić information content (AvgIpc) is 2.21. The van der Waals surface area contributed by atoms with Crippen LogP contribution in [0.1, 0.15) is 44.7 Å². The Hall–Kier alpha value is -0.410. The van der Waals surface area contributed by atoms with Gasteiger partial charge in [0.15, 0.2) is 0 Å². The second kappa shape index (κ2) is 6.36. The zero-order chi connectivity index (χ0) is 12.1. The van der Waals surface area contributed by atoms with E-state index in [1.807, 2.05) is 6.07 Å². The maximum Gasteiger partial charge on any atom is 0.137 e. The zero-order valence-corrected chi connectivity index (χ0v) is 11.4. The van der Waals surface area contributed by atoms with Gasteiger partial charge < -0.3 is 5.73 Å². The molecule has 16 heavy (non-hydrogen) atoms. The van der Waals surface area contributed by atoms with Crippen LogP contribution in [0.15, 0.2) is 22.7 Å². The van der Waals surface area contributed by atoms with Crippen LogP contribution in [0.2, 0.25) is 0 Å². The van der Waals surface area contributed by atoms with Crippen LogP contribution >= 0.6 is 15.9 Å². The molecule has 0 aromatic heterocycles. The van der Waals surface area contributed by atoms with Crippen LogP contribution in [0.25, 0.3) is 0 Å². The molecule has 1 aromatic rings. The first-order valence-corrected chi connectivity index (χ1v) is 6.51. The predicted molar refractivity (Wildman–Crippen MR) is 69.7 cm³/mol. The maximum atomic E-state index is 13.3. The van der Waals surface area contributed by atoms with E-state index < -0.39 is 0 Å². The van der Waals surface area contributed by atoms with Gasteiger partial charge in [0.2, 0.25) is 0 Å². The third-order valence-electron chi connectivity index (χ3n) is 2.68. The molecule has 3 heteroatoms. The molecular weight excluding hydrogens is 269 g/mol. The van der Waals surface area contributed by atoms with Crippen molar-refractivity contribution in [1.82, 2.24) is 0 Å². The third kappa shape index (κ3) is 3.87. The van der Waals surface area contributed by atoms with Crippen molar-refractivity contribution in [3.8, 4) is 0 Å². The predicted octanol–water partition coefficient (Wildman–Crippen LogP) is 4.41. The zero-order valence-electron chi connectivity index (χ0n) is 9.84. The number of hydrogen-bond acceptors (Lipinski definition) is 1. The topological polar surface area (TPSA) is 26.0 Å². The highest BCUT2D eigenvalue weighted by Gasteiger charge is 2.12. The molecular formula is C13H19BrFN. The average molecular weight is 288 g/mol. The first kappa shape index (κ1) is 13.7. The van der Waals surface area contributed by atoms with Gasteiger partial charge in [-0.15, -0.1) is 0 Å². The normalized spacial score (nSPS) is 13.1. The Bertz CT molecular complexity index is 339. The van der Waals surface area contributed by atoms with Crippen molar-refractivity contribution in [3.63, 3.8) is 0 Å². The van der Waals surface area contributed by atoms with Gasteiger partial charge in [0.25, 0.3) is 0 Å². The van der Waals surface area contributed by atoms with Gasteiger partial charge >= 0.3 is 0 Å². The first-order chi connectivity index (χ1) is 7.52. The van der Waals surface area contributed by atoms with Gasteiger partial charge in [-0.1, -0.05) is 38.8 Å². The summed E-state index contributed by atoms with van der Waals surface area (Å²) in [7, 11) is 0. The highest BCUT2D eigenvalue weighted by Crippen LogP contribution is 2.27. The highest BCUT2D eigenvalue weighted by atomic mass is 79.9. The summed E-state index contributed by atoms with van der Waals surface area (Å²) in [5.74, 6) is 0.458. The van der Waals surface area contributed by atoms with E-state index in [9.17, 15) is 4.39 Å². The van der Waals surface area contributed by atoms with Crippen LogP contribution < -0.4 is 5.73 Å². The molecule has 0 fully saturated rings. The van der Waals surface area contributed by atoms with Crippen LogP contribution in [0.3, 0.4) is 0 Å². The van der Waals surface area contributed by atoms with E-state index in [1.165, 1.54) is 12.5 Å². The quantitative estimate of drug-likeness (QED) is 0.853. The molecule has 1 aromatic carbocycles. The van der Waals surface area contributed by atoms with Crippen molar-refractivity contribution < 1.29 is 4.39 Å². The number of benzene rings is 1. The molecule has 90 valence electrons. The summed E-state index contributed by atoms with van der Waals surface area (Å²) in [6.07, 6.45) is 3.16. The minimum Gasteiger partial charge on any atom is -0.324 e. The number of halogens is 2. The van der Waals surface area contributed by atoms with Crippen molar-refractivity contribution in [2.45, 2.75) is 39.2 Å². The molecule has 0 aliphatic rings. The van der Waals surface area contributed by atoms with E-state index in [2.05, 4.69) is 29.8 Å². The molecule has 0 spiro atoms. The molecule has 0 amide bonds. The number of hydrogen-bond donors (Lipinski definition) is 1. The summed E-state index contributed by atoms with van der Waals surface area (Å²) in [5.41, 5.74) is 6.92. The van der Waals surface area contributed by atoms with E-state index in [4.69, 9.17) is 5.73 Å². The SMILES string of the molecule is CC(C)CCCC(N)c1cccc(F)c1Br. The van der Waals surface area contributed by atoms with Crippen molar-refractivity contribution >= 4 is 15.9 Å². The van der Waals surface area contributed by atoms with Gasteiger partial charge in [-0.25, -0.2) is 4.39 Å². The molecule has 1 unspecified atom stereocenters. The molecule has 0 radical (unpaired) electrons. The molecule has 0 heterocycles. The van der Waals surface area contributed by atoms with Crippen molar-refractivity contribution in [3.05, 3.63) is 34.1 Å². The lowest BCUT2D eigenvalue weighted by molar-refractivity contribution is 0.503. The Morgan fingerprint density at radius 1 is 1.31 bits per heavy atom. The van der Waals surface area contributed by atoms with E-state index in [0.29, 0.717) is 10.4 Å². The number of rotatable bonds is 5. The van der Waals surface area contributed by atoms with Crippen LogP contribution in [0.4, 0.5) is 4.39 Å². The van der Waals surface area contributed by atoms with E-state index in [-0.39, 0.29) is 11.9 Å². The Kier molecular flexibility index (Phi) is 5.42. The van der Waals surface area contributed by atoms with Crippen LogP contribution in [-0.4, -0.2) is 0 Å². The maximum absolute atomic E-state index is 13.3. The van der Waals surface area contributed by atoms with Gasteiger partial charge in [-0.3, -0.25) is 0 Å². The van der Waals surface area contributed by atoms with Crippen LogP contribution in [-0.2, 0) is 0 Å². The van der Waals surface area contributed by atoms with Gasteiger partial charge in [-0.05, 0) is 39.9 Å². The molecule has 2 N–H and O–H groups in total. The summed E-state index contributed by atoms with van der Waals surface area (Å²) < 4.78 is 13.8. The molecule has 1 rings (SSSR count). The molecule has 1 nitrogen and oxygen atoms in total. The first-order valence-electron chi connectivity index (χ1n) is 5.72. The van der Waals surface area contributed by atoms with Crippen LogP contribution in [0, 0.1) is 11.7 Å². The molecule has 0 bridgehead atoms. The van der Waals surface area contributed by atoms with Gasteiger partial charge in [-0.2, -0.15) is 0 Å². The fourth-order valence-corrected chi connectivity index (χ4v) is 2.27. The lowest BCUT2D eigenvalue weighted by Crippen LogP contribution is -2.11. The van der Waals surface area contributed by atoms with E-state index in [0.717, 1.165) is 18.4 Å². The monoisotopic (exact) mass is 287 g/mol. The van der Waals surface area contributed by atoms with E-state index in [1.54, 1.807) is 6.07 Å².